The van der Waals surface area contributed by atoms with Crippen molar-refractivity contribution in [1.29, 1.82) is 0 Å². The van der Waals surface area contributed by atoms with Gasteiger partial charge in [0.25, 0.3) is 0 Å². The Morgan fingerprint density at radius 2 is 1.45 bits per heavy atom. The number of hydrogen-bond donors (Lipinski definition) is 0. The molecule has 0 amide bonds. The van der Waals surface area contributed by atoms with Gasteiger partial charge in [-0.15, -0.1) is 0 Å². The maximum absolute atomic E-state index is 11.7. The van der Waals surface area contributed by atoms with E-state index in [9.17, 15) is 4.79 Å². The Morgan fingerprint density at radius 1 is 0.759 bits per heavy atom. The molecule has 0 saturated carbocycles. The van der Waals surface area contributed by atoms with Crippen molar-refractivity contribution in [3.63, 3.8) is 0 Å². The van der Waals surface area contributed by atoms with Crippen molar-refractivity contribution in [2.24, 2.45) is 0 Å². The SMILES string of the molecule is O=C(COc1ccc(Cl)cc1Cl)OCCOc1ccc(Oc2ccccc2)cc1. The molecule has 0 radical (unpaired) electrons. The zero-order chi connectivity index (χ0) is 20.5. The van der Waals surface area contributed by atoms with Gasteiger partial charge in [0.15, 0.2) is 6.61 Å². The van der Waals surface area contributed by atoms with Gasteiger partial charge in [-0.3, -0.25) is 0 Å². The topological polar surface area (TPSA) is 54.0 Å². The molecule has 3 aromatic rings. The summed E-state index contributed by atoms with van der Waals surface area (Å²) in [5.41, 5.74) is 0. The highest BCUT2D eigenvalue weighted by Crippen LogP contribution is 2.27. The minimum Gasteiger partial charge on any atom is -0.490 e. The van der Waals surface area contributed by atoms with Crippen LogP contribution in [0, 0.1) is 0 Å². The fourth-order valence-corrected chi connectivity index (χ4v) is 2.78. The summed E-state index contributed by atoms with van der Waals surface area (Å²) in [7, 11) is 0. The zero-order valence-electron chi connectivity index (χ0n) is 15.3. The molecule has 0 aromatic heterocycles. The number of esters is 1. The van der Waals surface area contributed by atoms with Crippen molar-refractivity contribution in [1.82, 2.24) is 0 Å². The van der Waals surface area contributed by atoms with Crippen molar-refractivity contribution in [3.05, 3.63) is 82.8 Å². The molecule has 0 heterocycles. The molecule has 0 aliphatic rings. The van der Waals surface area contributed by atoms with Gasteiger partial charge < -0.3 is 18.9 Å². The summed E-state index contributed by atoms with van der Waals surface area (Å²) in [4.78, 5) is 11.7. The van der Waals surface area contributed by atoms with Gasteiger partial charge in [0, 0.05) is 5.02 Å². The smallest absolute Gasteiger partial charge is 0.344 e. The van der Waals surface area contributed by atoms with E-state index >= 15 is 0 Å². The van der Waals surface area contributed by atoms with Crippen LogP contribution in [0.15, 0.2) is 72.8 Å². The van der Waals surface area contributed by atoms with Gasteiger partial charge in [0.2, 0.25) is 0 Å². The molecule has 0 N–H and O–H groups in total. The summed E-state index contributed by atoms with van der Waals surface area (Å²) < 4.78 is 21.6. The van der Waals surface area contributed by atoms with E-state index in [4.69, 9.17) is 42.1 Å². The standard InChI is InChI=1S/C22H18Cl2O5/c23-16-6-11-21(20(24)14-16)28-15-22(25)27-13-12-26-17-7-9-19(10-8-17)29-18-4-2-1-3-5-18/h1-11,14H,12-13,15H2. The Kier molecular flexibility index (Phi) is 7.61. The summed E-state index contributed by atoms with van der Waals surface area (Å²) >= 11 is 11.8. The summed E-state index contributed by atoms with van der Waals surface area (Å²) in [5.74, 6) is 1.95. The summed E-state index contributed by atoms with van der Waals surface area (Å²) in [6, 6.07) is 21.4. The summed E-state index contributed by atoms with van der Waals surface area (Å²) in [5, 5.41) is 0.815. The van der Waals surface area contributed by atoms with Crippen LogP contribution < -0.4 is 14.2 Å². The van der Waals surface area contributed by atoms with E-state index in [1.165, 1.54) is 6.07 Å². The van der Waals surface area contributed by atoms with Gasteiger partial charge in [-0.05, 0) is 54.6 Å². The lowest BCUT2D eigenvalue weighted by Gasteiger charge is -2.10. The molecule has 29 heavy (non-hydrogen) atoms. The first-order valence-electron chi connectivity index (χ1n) is 8.79. The molecule has 150 valence electrons. The van der Waals surface area contributed by atoms with Gasteiger partial charge >= 0.3 is 5.97 Å². The highest BCUT2D eigenvalue weighted by Gasteiger charge is 2.08. The van der Waals surface area contributed by atoms with Gasteiger partial charge in [0.1, 0.15) is 36.2 Å². The molecule has 3 aromatic carbocycles. The number of halogens is 2. The van der Waals surface area contributed by atoms with Crippen molar-refractivity contribution in [2.75, 3.05) is 19.8 Å². The van der Waals surface area contributed by atoms with E-state index < -0.39 is 5.97 Å². The van der Waals surface area contributed by atoms with Gasteiger partial charge in [-0.1, -0.05) is 41.4 Å². The third-order valence-corrected chi connectivity index (χ3v) is 4.19. The van der Waals surface area contributed by atoms with Crippen LogP contribution in [-0.4, -0.2) is 25.8 Å². The fourth-order valence-electron chi connectivity index (χ4n) is 2.31. The lowest BCUT2D eigenvalue weighted by molar-refractivity contribution is -0.146. The minimum atomic E-state index is -0.522. The van der Waals surface area contributed by atoms with E-state index in [0.29, 0.717) is 27.3 Å². The molecule has 0 bridgehead atoms. The second-order valence-corrected chi connectivity index (χ2v) is 6.66. The van der Waals surface area contributed by atoms with E-state index in [2.05, 4.69) is 0 Å². The fraction of sp³-hybridized carbons (Fsp3) is 0.136. The summed E-state index contributed by atoms with van der Waals surface area (Å²) in [6.45, 7) is 0.0536. The van der Waals surface area contributed by atoms with Gasteiger partial charge in [-0.2, -0.15) is 0 Å². The largest absolute Gasteiger partial charge is 0.490 e. The van der Waals surface area contributed by atoms with Crippen LogP contribution in [0.1, 0.15) is 0 Å². The number of rotatable bonds is 9. The van der Waals surface area contributed by atoms with Gasteiger partial charge in [-0.25, -0.2) is 4.79 Å². The molecule has 3 rings (SSSR count). The van der Waals surface area contributed by atoms with Gasteiger partial charge in [0.05, 0.1) is 5.02 Å². The first-order valence-corrected chi connectivity index (χ1v) is 9.55. The Bertz CT molecular complexity index is 930. The molecule has 0 unspecified atom stereocenters. The van der Waals surface area contributed by atoms with Crippen LogP contribution in [0.4, 0.5) is 0 Å². The Hall–Kier alpha value is -2.89. The summed E-state index contributed by atoms with van der Waals surface area (Å²) in [6.07, 6.45) is 0. The second-order valence-electron chi connectivity index (χ2n) is 5.82. The second kappa shape index (κ2) is 10.6. The third-order valence-electron chi connectivity index (χ3n) is 3.66. The lowest BCUT2D eigenvalue weighted by Crippen LogP contribution is -2.18. The predicted octanol–water partition coefficient (Wildman–Crippen LogP) is 5.79. The Labute approximate surface area is 178 Å². The number of carbonyl (C=O) groups excluding carboxylic acids is 1. The molecule has 0 saturated heterocycles. The van der Waals surface area contributed by atoms with E-state index in [1.807, 2.05) is 30.3 Å². The minimum absolute atomic E-state index is 0.0960. The quantitative estimate of drug-likeness (QED) is 0.316. The van der Waals surface area contributed by atoms with Crippen LogP contribution in [0.25, 0.3) is 0 Å². The number of benzene rings is 3. The van der Waals surface area contributed by atoms with Crippen LogP contribution in [0.5, 0.6) is 23.0 Å². The molecule has 0 fully saturated rings. The first kappa shape index (κ1) is 20.8. The zero-order valence-corrected chi connectivity index (χ0v) is 16.9. The monoisotopic (exact) mass is 432 g/mol. The Balaban J connectivity index is 1.35. The number of carbonyl (C=O) groups is 1. The number of para-hydroxylation sites is 1. The van der Waals surface area contributed by atoms with E-state index in [1.54, 1.807) is 36.4 Å². The van der Waals surface area contributed by atoms with Crippen molar-refractivity contribution >= 4 is 29.2 Å². The van der Waals surface area contributed by atoms with Crippen LogP contribution in [0.2, 0.25) is 10.0 Å². The molecule has 0 aliphatic heterocycles. The molecular weight excluding hydrogens is 415 g/mol. The predicted molar refractivity (Wildman–Crippen MR) is 111 cm³/mol. The average molecular weight is 433 g/mol. The van der Waals surface area contributed by atoms with Crippen LogP contribution in [0.3, 0.4) is 0 Å². The van der Waals surface area contributed by atoms with Crippen molar-refractivity contribution < 1.29 is 23.7 Å². The van der Waals surface area contributed by atoms with E-state index in [-0.39, 0.29) is 19.8 Å². The Morgan fingerprint density at radius 3 is 2.17 bits per heavy atom. The van der Waals surface area contributed by atoms with Crippen molar-refractivity contribution in [3.8, 4) is 23.0 Å². The van der Waals surface area contributed by atoms with E-state index in [0.717, 1.165) is 5.75 Å². The number of hydrogen-bond acceptors (Lipinski definition) is 5. The normalized spacial score (nSPS) is 10.3. The average Bonchev–Trinajstić information content (AvgIpc) is 2.72. The highest BCUT2D eigenvalue weighted by molar-refractivity contribution is 6.35. The molecule has 0 aliphatic carbocycles. The van der Waals surface area contributed by atoms with Crippen LogP contribution >= 0.6 is 23.2 Å². The maximum Gasteiger partial charge on any atom is 0.344 e. The molecule has 7 heteroatoms. The maximum atomic E-state index is 11.7. The molecule has 0 spiro atoms. The molecule has 5 nitrogen and oxygen atoms in total. The van der Waals surface area contributed by atoms with Crippen LogP contribution in [-0.2, 0) is 9.53 Å². The van der Waals surface area contributed by atoms with Crippen molar-refractivity contribution in [2.45, 2.75) is 0 Å². The first-order chi connectivity index (χ1) is 14.1. The molecular formula is C22H18Cl2O5. The molecule has 0 atom stereocenters. The highest BCUT2D eigenvalue weighted by atomic mass is 35.5. The third kappa shape index (κ3) is 6.89. The number of ether oxygens (including phenoxy) is 4. The lowest BCUT2D eigenvalue weighted by atomic mass is 10.3.